The predicted octanol–water partition coefficient (Wildman–Crippen LogP) is -0.273. The van der Waals surface area contributed by atoms with Crippen LogP contribution in [0.4, 0.5) is 0 Å². The fourth-order valence-electron chi connectivity index (χ4n) is 2.70. The van der Waals surface area contributed by atoms with Gasteiger partial charge in [0.2, 0.25) is 11.8 Å². The van der Waals surface area contributed by atoms with Gasteiger partial charge in [0.15, 0.2) is 0 Å². The highest BCUT2D eigenvalue weighted by molar-refractivity contribution is 5.77. The number of unbranched alkanes of at least 4 members (excludes halogenated alkanes) is 1. The minimum atomic E-state index is -0.672. The van der Waals surface area contributed by atoms with E-state index in [-0.39, 0.29) is 50.8 Å². The van der Waals surface area contributed by atoms with E-state index >= 15 is 0 Å². The van der Waals surface area contributed by atoms with E-state index in [9.17, 15) is 30.0 Å². The maximum Gasteiger partial charge on any atom is 0.222 e. The first-order valence-corrected chi connectivity index (χ1v) is 9.30. The van der Waals surface area contributed by atoms with E-state index in [1.54, 1.807) is 27.7 Å². The molecular weight excluding hydrogens is 340 g/mol. The van der Waals surface area contributed by atoms with Gasteiger partial charge in [0.05, 0.1) is 24.4 Å². The van der Waals surface area contributed by atoms with E-state index in [1.807, 2.05) is 0 Å². The van der Waals surface area contributed by atoms with Crippen LogP contribution in [-0.2, 0) is 9.59 Å². The van der Waals surface area contributed by atoms with Crippen LogP contribution >= 0.6 is 0 Å². The van der Waals surface area contributed by atoms with Crippen LogP contribution in [0, 0.1) is 0 Å². The zero-order valence-electron chi connectivity index (χ0n) is 16.5. The molecule has 0 radical (unpaired) electrons. The molecule has 0 saturated heterocycles. The topological polar surface area (TPSA) is 122 Å². The largest absolute Gasteiger partial charge is 0.392 e. The summed E-state index contributed by atoms with van der Waals surface area (Å²) in [5.41, 5.74) is 0. The average molecular weight is 376 g/mol. The van der Waals surface area contributed by atoms with Crippen molar-refractivity contribution >= 4 is 11.8 Å². The highest BCUT2D eigenvalue weighted by Crippen LogP contribution is 2.08. The maximum absolute atomic E-state index is 12.2. The fourth-order valence-corrected chi connectivity index (χ4v) is 2.70. The molecule has 0 aliphatic carbocycles. The van der Waals surface area contributed by atoms with Crippen LogP contribution in [0.1, 0.15) is 53.4 Å². The van der Waals surface area contributed by atoms with Crippen LogP contribution in [0.3, 0.4) is 0 Å². The number of aliphatic hydroxyl groups is 4. The number of hydrogen-bond acceptors (Lipinski definition) is 6. The van der Waals surface area contributed by atoms with Crippen molar-refractivity contribution in [3.8, 4) is 0 Å². The maximum atomic E-state index is 12.2. The highest BCUT2D eigenvalue weighted by atomic mass is 16.3. The van der Waals surface area contributed by atoms with E-state index in [4.69, 9.17) is 0 Å². The Morgan fingerprint density at radius 3 is 1.04 bits per heavy atom. The molecule has 8 heteroatoms. The van der Waals surface area contributed by atoms with Crippen molar-refractivity contribution in [2.75, 3.05) is 26.2 Å². The number of aliphatic hydroxyl groups excluding tert-OH is 4. The SMILES string of the molecule is C[C@H](O)CN(C[C@@H](C)O)C(=O)CCCCC(=O)N(C[C@H](C)O)C[C@@H](C)O. The molecule has 0 fully saturated rings. The Bertz CT molecular complexity index is 354. The van der Waals surface area contributed by atoms with Gasteiger partial charge in [-0.15, -0.1) is 0 Å². The van der Waals surface area contributed by atoms with Gasteiger partial charge in [0.1, 0.15) is 0 Å². The Balaban J connectivity index is 4.38. The minimum Gasteiger partial charge on any atom is -0.392 e. The molecule has 0 heterocycles. The van der Waals surface area contributed by atoms with Crippen LogP contribution in [-0.4, -0.2) is 92.6 Å². The Kier molecular flexibility index (Phi) is 12.4. The first-order valence-electron chi connectivity index (χ1n) is 9.30. The molecule has 0 aliphatic rings. The summed E-state index contributed by atoms with van der Waals surface area (Å²) in [6.07, 6.45) is -1.19. The summed E-state index contributed by atoms with van der Waals surface area (Å²) in [5, 5.41) is 37.9. The monoisotopic (exact) mass is 376 g/mol. The number of carbonyl (C=O) groups excluding carboxylic acids is 2. The van der Waals surface area contributed by atoms with E-state index < -0.39 is 24.4 Å². The third-order valence-electron chi connectivity index (χ3n) is 3.68. The standard InChI is InChI=1S/C18H36N2O6/c1-13(21)9-19(10-14(2)22)17(25)7-5-6-8-18(26)20(11-15(3)23)12-16(4)24/h13-16,21-24H,5-12H2,1-4H3/t13-,14+,15-,16+. The second kappa shape index (κ2) is 13.0. The van der Waals surface area contributed by atoms with Gasteiger partial charge in [0.25, 0.3) is 0 Å². The molecular formula is C18H36N2O6. The van der Waals surface area contributed by atoms with Crippen molar-refractivity contribution in [2.45, 2.75) is 77.8 Å². The summed E-state index contributed by atoms with van der Waals surface area (Å²) in [5.74, 6) is -0.326. The number of hydrogen-bond donors (Lipinski definition) is 4. The molecule has 8 nitrogen and oxygen atoms in total. The van der Waals surface area contributed by atoms with Crippen molar-refractivity contribution in [3.63, 3.8) is 0 Å². The van der Waals surface area contributed by atoms with Gasteiger partial charge < -0.3 is 30.2 Å². The van der Waals surface area contributed by atoms with Gasteiger partial charge in [0, 0.05) is 39.0 Å². The third kappa shape index (κ3) is 12.2. The molecule has 4 atom stereocenters. The van der Waals surface area contributed by atoms with Gasteiger partial charge in [-0.25, -0.2) is 0 Å². The van der Waals surface area contributed by atoms with E-state index in [1.165, 1.54) is 9.80 Å². The Hall–Kier alpha value is -1.22. The molecule has 0 rings (SSSR count). The zero-order chi connectivity index (χ0) is 20.3. The summed E-state index contributed by atoms with van der Waals surface area (Å²) in [6, 6.07) is 0. The van der Waals surface area contributed by atoms with Crippen LogP contribution in [0.5, 0.6) is 0 Å². The quantitative estimate of drug-likeness (QED) is 0.328. The van der Waals surface area contributed by atoms with E-state index in [0.29, 0.717) is 12.8 Å². The Morgan fingerprint density at radius 2 is 0.846 bits per heavy atom. The molecule has 0 aromatic carbocycles. The van der Waals surface area contributed by atoms with Gasteiger partial charge >= 0.3 is 0 Å². The lowest BCUT2D eigenvalue weighted by Crippen LogP contribution is -2.41. The molecule has 0 bridgehead atoms. The second-order valence-electron chi connectivity index (χ2n) is 7.20. The van der Waals surface area contributed by atoms with Crippen LogP contribution in [0.15, 0.2) is 0 Å². The normalized spacial score (nSPS) is 15.8. The van der Waals surface area contributed by atoms with Crippen molar-refractivity contribution in [1.82, 2.24) is 9.80 Å². The molecule has 0 spiro atoms. The summed E-state index contributed by atoms with van der Waals surface area (Å²) in [7, 11) is 0. The molecule has 4 N–H and O–H groups in total. The Labute approximate surface area is 156 Å². The molecule has 2 amide bonds. The predicted molar refractivity (Wildman–Crippen MR) is 98.4 cm³/mol. The highest BCUT2D eigenvalue weighted by Gasteiger charge is 2.19. The number of rotatable bonds is 13. The molecule has 0 unspecified atom stereocenters. The summed E-state index contributed by atoms with van der Waals surface area (Å²) >= 11 is 0. The molecule has 0 saturated carbocycles. The van der Waals surface area contributed by atoms with Gasteiger partial charge in [-0.3, -0.25) is 9.59 Å². The zero-order valence-corrected chi connectivity index (χ0v) is 16.5. The number of amides is 2. The second-order valence-corrected chi connectivity index (χ2v) is 7.20. The molecule has 0 aromatic rings. The first kappa shape index (κ1) is 24.8. The summed E-state index contributed by atoms with van der Waals surface area (Å²) in [4.78, 5) is 27.3. The van der Waals surface area contributed by atoms with Gasteiger partial charge in [-0.1, -0.05) is 0 Å². The van der Waals surface area contributed by atoms with Crippen LogP contribution < -0.4 is 0 Å². The lowest BCUT2D eigenvalue weighted by Gasteiger charge is -2.26. The number of carbonyl (C=O) groups is 2. The van der Waals surface area contributed by atoms with Gasteiger partial charge in [-0.05, 0) is 40.5 Å². The van der Waals surface area contributed by atoms with Crippen molar-refractivity contribution in [2.24, 2.45) is 0 Å². The summed E-state index contributed by atoms with van der Waals surface area (Å²) in [6.45, 7) is 7.00. The minimum absolute atomic E-state index is 0.163. The fraction of sp³-hybridized carbons (Fsp3) is 0.889. The molecule has 0 aliphatic heterocycles. The van der Waals surface area contributed by atoms with Crippen LogP contribution in [0.2, 0.25) is 0 Å². The Morgan fingerprint density at radius 1 is 0.615 bits per heavy atom. The molecule has 154 valence electrons. The van der Waals surface area contributed by atoms with Gasteiger partial charge in [-0.2, -0.15) is 0 Å². The van der Waals surface area contributed by atoms with Crippen molar-refractivity contribution in [1.29, 1.82) is 0 Å². The summed E-state index contributed by atoms with van der Waals surface area (Å²) < 4.78 is 0. The smallest absolute Gasteiger partial charge is 0.222 e. The molecule has 0 aromatic heterocycles. The van der Waals surface area contributed by atoms with E-state index in [2.05, 4.69) is 0 Å². The lowest BCUT2D eigenvalue weighted by atomic mass is 10.1. The average Bonchev–Trinajstić information content (AvgIpc) is 2.47. The number of nitrogens with zero attached hydrogens (tertiary/aromatic N) is 2. The third-order valence-corrected chi connectivity index (χ3v) is 3.68. The lowest BCUT2D eigenvalue weighted by molar-refractivity contribution is -0.135. The van der Waals surface area contributed by atoms with Crippen molar-refractivity contribution < 1.29 is 30.0 Å². The van der Waals surface area contributed by atoms with E-state index in [0.717, 1.165) is 0 Å². The van der Waals surface area contributed by atoms with Crippen LogP contribution in [0.25, 0.3) is 0 Å². The molecule has 26 heavy (non-hydrogen) atoms. The first-order chi connectivity index (χ1) is 12.0. The van der Waals surface area contributed by atoms with Crippen molar-refractivity contribution in [3.05, 3.63) is 0 Å².